The van der Waals surface area contributed by atoms with Crippen molar-refractivity contribution in [2.75, 3.05) is 12.3 Å². The molecule has 3 heterocycles. The van der Waals surface area contributed by atoms with Gasteiger partial charge in [-0.25, -0.2) is 9.50 Å². The average molecular weight is 431 g/mol. The fourth-order valence-corrected chi connectivity index (χ4v) is 4.37. The van der Waals surface area contributed by atoms with Crippen LogP contribution >= 0.6 is 0 Å². The average Bonchev–Trinajstić information content (AvgIpc) is 3.30. The van der Waals surface area contributed by atoms with Crippen LogP contribution in [0.5, 0.6) is 0 Å². The molecule has 2 aromatic rings. The molecule has 166 valence electrons. The number of aromatic nitrogens is 3. The van der Waals surface area contributed by atoms with Crippen molar-refractivity contribution in [2.45, 2.75) is 62.1 Å². The molecule has 2 aromatic heterocycles. The highest BCUT2D eigenvalue weighted by atomic mass is 16.6. The maximum absolute atomic E-state index is 12.2. The van der Waals surface area contributed by atoms with E-state index in [9.17, 15) is 25.4 Å². The summed E-state index contributed by atoms with van der Waals surface area (Å²) in [6.07, 6.45) is -0.214. The lowest BCUT2D eigenvalue weighted by molar-refractivity contribution is -0.152. The summed E-state index contributed by atoms with van der Waals surface area (Å²) in [4.78, 5) is 16.1. The normalized spacial score (nSPS) is 33.3. The molecule has 0 unspecified atom stereocenters. The van der Waals surface area contributed by atoms with Gasteiger partial charge in [-0.05, 0) is 43.7 Å². The summed E-state index contributed by atoms with van der Waals surface area (Å²) in [5.41, 5.74) is 4.50. The van der Waals surface area contributed by atoms with Crippen molar-refractivity contribution in [2.24, 2.45) is 5.92 Å². The number of rotatable bonds is 5. The fourth-order valence-electron chi connectivity index (χ4n) is 4.37. The molecule has 0 amide bonds. The monoisotopic (exact) mass is 431 g/mol. The van der Waals surface area contributed by atoms with E-state index in [1.54, 1.807) is 6.07 Å². The number of carbonyl (C=O) groups is 1. The molecule has 0 aromatic carbocycles. The highest BCUT2D eigenvalue weighted by molar-refractivity contribution is 5.69. The molecule has 0 bridgehead atoms. The molecule has 1 saturated carbocycles. The van der Waals surface area contributed by atoms with E-state index in [4.69, 9.17) is 15.2 Å². The number of fused-ring (bicyclic) bond motifs is 1. The summed E-state index contributed by atoms with van der Waals surface area (Å²) < 4.78 is 12.4. The van der Waals surface area contributed by atoms with Crippen LogP contribution < -0.4 is 5.73 Å². The molecule has 2 fully saturated rings. The Morgan fingerprint density at radius 3 is 2.77 bits per heavy atom. The molecular formula is C20H25N5O6. The molecule has 11 nitrogen and oxygen atoms in total. The Hall–Kier alpha value is -2.78. The van der Waals surface area contributed by atoms with E-state index in [0.717, 1.165) is 12.8 Å². The lowest BCUT2D eigenvalue weighted by Crippen LogP contribution is -2.41. The SMILES string of the molecule is N#C[C@@]1(c2ccc3c(N)ncnn23)O[C@H](COC(=O)CC2CCC(O)CC2)[C@@H](O)[C@H]1O. The first-order valence-corrected chi connectivity index (χ1v) is 10.2. The molecule has 11 heteroatoms. The lowest BCUT2D eigenvalue weighted by atomic mass is 9.85. The van der Waals surface area contributed by atoms with Crippen molar-refractivity contribution in [3.05, 3.63) is 24.2 Å². The first-order valence-electron chi connectivity index (χ1n) is 10.2. The largest absolute Gasteiger partial charge is 0.463 e. The Balaban J connectivity index is 1.46. The number of hydrogen-bond acceptors (Lipinski definition) is 10. The summed E-state index contributed by atoms with van der Waals surface area (Å²) in [6, 6.07) is 5.04. The second-order valence-electron chi connectivity index (χ2n) is 8.16. The van der Waals surface area contributed by atoms with E-state index in [-0.39, 0.29) is 36.6 Å². The van der Waals surface area contributed by atoms with Crippen molar-refractivity contribution >= 4 is 17.3 Å². The molecule has 1 aliphatic heterocycles. The third kappa shape index (κ3) is 3.83. The predicted octanol–water partition coefficient (Wildman–Crippen LogP) is -0.365. The summed E-state index contributed by atoms with van der Waals surface area (Å²) >= 11 is 0. The predicted molar refractivity (Wildman–Crippen MR) is 105 cm³/mol. The number of hydrogen-bond donors (Lipinski definition) is 4. The van der Waals surface area contributed by atoms with Crippen molar-refractivity contribution < 1.29 is 29.6 Å². The number of esters is 1. The van der Waals surface area contributed by atoms with Crippen LogP contribution in [0, 0.1) is 17.2 Å². The Morgan fingerprint density at radius 1 is 1.32 bits per heavy atom. The van der Waals surface area contributed by atoms with Crippen molar-refractivity contribution in [1.82, 2.24) is 14.6 Å². The van der Waals surface area contributed by atoms with Crippen LogP contribution in [0.4, 0.5) is 5.82 Å². The first kappa shape index (κ1) is 21.5. The summed E-state index contributed by atoms with van der Waals surface area (Å²) in [7, 11) is 0. The zero-order chi connectivity index (χ0) is 22.2. The number of carbonyl (C=O) groups excluding carboxylic acids is 1. The molecule has 1 saturated heterocycles. The number of aliphatic hydroxyl groups excluding tert-OH is 3. The van der Waals surface area contributed by atoms with E-state index >= 15 is 0 Å². The minimum absolute atomic E-state index is 0.145. The van der Waals surface area contributed by atoms with Crippen molar-refractivity contribution in [1.29, 1.82) is 5.26 Å². The number of nitrogens with zero attached hydrogens (tertiary/aromatic N) is 4. The number of anilines is 1. The summed E-state index contributed by atoms with van der Waals surface area (Å²) in [5, 5.41) is 44.7. The van der Waals surface area contributed by atoms with Crippen LogP contribution in [-0.2, 0) is 19.9 Å². The van der Waals surface area contributed by atoms with Crippen LogP contribution in [0.3, 0.4) is 0 Å². The second-order valence-corrected chi connectivity index (χ2v) is 8.16. The van der Waals surface area contributed by atoms with Gasteiger partial charge in [0, 0.05) is 6.42 Å². The minimum Gasteiger partial charge on any atom is -0.463 e. The number of nitrogen functional groups attached to an aromatic ring is 1. The van der Waals surface area contributed by atoms with Gasteiger partial charge < -0.3 is 30.5 Å². The third-order valence-electron chi connectivity index (χ3n) is 6.17. The molecule has 4 rings (SSSR count). The Labute approximate surface area is 178 Å². The van der Waals surface area contributed by atoms with Gasteiger partial charge in [0.15, 0.2) is 5.82 Å². The van der Waals surface area contributed by atoms with Crippen LogP contribution in [0.15, 0.2) is 18.5 Å². The van der Waals surface area contributed by atoms with Crippen molar-refractivity contribution in [3.63, 3.8) is 0 Å². The highest BCUT2D eigenvalue weighted by Crippen LogP contribution is 2.40. The molecule has 0 radical (unpaired) electrons. The summed E-state index contributed by atoms with van der Waals surface area (Å²) in [5.74, 6) is -0.121. The van der Waals surface area contributed by atoms with E-state index in [0.29, 0.717) is 18.4 Å². The zero-order valence-electron chi connectivity index (χ0n) is 16.8. The van der Waals surface area contributed by atoms with Gasteiger partial charge >= 0.3 is 5.97 Å². The Morgan fingerprint density at radius 2 is 2.06 bits per heavy atom. The Bertz CT molecular complexity index is 998. The first-order chi connectivity index (χ1) is 14.9. The van der Waals surface area contributed by atoms with Crippen molar-refractivity contribution in [3.8, 4) is 6.07 Å². The van der Waals surface area contributed by atoms with Crippen LogP contribution in [0.2, 0.25) is 0 Å². The van der Waals surface area contributed by atoms with E-state index in [2.05, 4.69) is 10.1 Å². The smallest absolute Gasteiger partial charge is 0.306 e. The zero-order valence-corrected chi connectivity index (χ0v) is 16.8. The Kier molecular flexibility index (Phi) is 5.81. The number of nitrogens with two attached hydrogens (primary N) is 1. The maximum atomic E-state index is 12.2. The van der Waals surface area contributed by atoms with Gasteiger partial charge in [-0.15, -0.1) is 0 Å². The van der Waals surface area contributed by atoms with E-state index in [1.807, 2.05) is 6.07 Å². The van der Waals surface area contributed by atoms with E-state index in [1.165, 1.54) is 16.9 Å². The molecule has 1 aliphatic carbocycles. The lowest BCUT2D eigenvalue weighted by Gasteiger charge is -2.25. The van der Waals surface area contributed by atoms with Gasteiger partial charge in [0.2, 0.25) is 5.60 Å². The molecule has 0 spiro atoms. The standard InChI is InChI=1S/C20H25N5O6/c21-9-20(15-6-5-13-19(22)23-10-24-25(13)15)18(29)17(28)14(31-20)8-30-16(27)7-11-1-3-12(26)4-2-11/h5-6,10-12,14,17-18,26,28-29H,1-4,7-8H2,(H2,22,23,24)/t11?,12?,14-,17-,18-,20+/m1/s1. The van der Waals surface area contributed by atoms with Gasteiger partial charge in [0.05, 0.1) is 11.8 Å². The van der Waals surface area contributed by atoms with Gasteiger partial charge in [-0.1, -0.05) is 0 Å². The van der Waals surface area contributed by atoms with Crippen LogP contribution in [-0.4, -0.2) is 66.9 Å². The minimum atomic E-state index is -1.93. The quantitative estimate of drug-likeness (QED) is 0.457. The second kappa shape index (κ2) is 8.39. The van der Waals surface area contributed by atoms with Crippen LogP contribution in [0.25, 0.3) is 5.52 Å². The number of ether oxygens (including phenoxy) is 2. The summed E-state index contributed by atoms with van der Waals surface area (Å²) in [6.45, 7) is -0.309. The molecular weight excluding hydrogens is 406 g/mol. The topological polar surface area (TPSA) is 176 Å². The molecule has 31 heavy (non-hydrogen) atoms. The van der Waals surface area contributed by atoms with Crippen LogP contribution in [0.1, 0.15) is 37.8 Å². The number of aliphatic hydroxyl groups is 3. The fraction of sp³-hybridized carbons (Fsp3) is 0.600. The highest BCUT2D eigenvalue weighted by Gasteiger charge is 2.57. The van der Waals surface area contributed by atoms with Gasteiger partial charge in [0.25, 0.3) is 0 Å². The van der Waals surface area contributed by atoms with Gasteiger partial charge in [-0.2, -0.15) is 10.4 Å². The molecule has 2 aliphatic rings. The molecule has 5 N–H and O–H groups in total. The molecule has 4 atom stereocenters. The van der Waals surface area contributed by atoms with Gasteiger partial charge in [0.1, 0.15) is 42.8 Å². The number of nitriles is 1. The maximum Gasteiger partial charge on any atom is 0.306 e. The van der Waals surface area contributed by atoms with Gasteiger partial charge in [-0.3, -0.25) is 4.79 Å². The third-order valence-corrected chi connectivity index (χ3v) is 6.17. The van der Waals surface area contributed by atoms with E-state index < -0.39 is 29.9 Å².